The Kier molecular flexibility index (Phi) is 5.11. The van der Waals surface area contributed by atoms with Crippen LogP contribution in [0.15, 0.2) is 54.6 Å². The second-order valence-electron chi connectivity index (χ2n) is 5.54. The quantitative estimate of drug-likeness (QED) is 0.702. The molecule has 0 unspecified atom stereocenters. The number of rotatable bonds is 3. The smallest absolute Gasteiger partial charge is 0.183 e. The summed E-state index contributed by atoms with van der Waals surface area (Å²) in [6, 6.07) is 12.6. The molecule has 0 saturated carbocycles. The highest BCUT2D eigenvalue weighted by Gasteiger charge is 2.21. The van der Waals surface area contributed by atoms with Crippen LogP contribution in [0, 0.1) is 11.7 Å². The molecule has 1 saturated heterocycles. The van der Waals surface area contributed by atoms with Crippen molar-refractivity contribution < 1.29 is 13.9 Å². The van der Waals surface area contributed by atoms with E-state index in [-0.39, 0.29) is 11.3 Å². The van der Waals surface area contributed by atoms with Crippen LogP contribution in [0.2, 0.25) is 5.02 Å². The van der Waals surface area contributed by atoms with Gasteiger partial charge in [-0.2, -0.15) is 0 Å². The van der Waals surface area contributed by atoms with Crippen LogP contribution in [0.1, 0.15) is 18.8 Å². The largest absolute Gasteiger partial charge is 0.348 e. The summed E-state index contributed by atoms with van der Waals surface area (Å²) in [5.41, 5.74) is 2.67. The molecular formula is C19H18ClFO2. The Bertz CT molecular complexity index is 689. The molecule has 0 amide bonds. The van der Waals surface area contributed by atoms with Gasteiger partial charge < -0.3 is 9.47 Å². The average Bonchev–Trinajstić information content (AvgIpc) is 2.59. The molecule has 0 atom stereocenters. The Morgan fingerprint density at radius 1 is 1.04 bits per heavy atom. The first-order chi connectivity index (χ1) is 11.2. The maximum atomic E-state index is 13.6. The highest BCUT2D eigenvalue weighted by atomic mass is 35.5. The fraction of sp³-hybridized carbons (Fsp3) is 0.263. The van der Waals surface area contributed by atoms with E-state index in [0.717, 1.165) is 16.7 Å². The van der Waals surface area contributed by atoms with E-state index < -0.39 is 5.82 Å². The molecule has 2 nitrogen and oxygen atoms in total. The van der Waals surface area contributed by atoms with Crippen molar-refractivity contribution in [2.24, 2.45) is 5.92 Å². The topological polar surface area (TPSA) is 18.5 Å². The van der Waals surface area contributed by atoms with E-state index in [1.54, 1.807) is 12.1 Å². The Labute approximate surface area is 140 Å². The van der Waals surface area contributed by atoms with Crippen LogP contribution < -0.4 is 0 Å². The fourth-order valence-electron chi connectivity index (χ4n) is 2.60. The molecule has 23 heavy (non-hydrogen) atoms. The summed E-state index contributed by atoms with van der Waals surface area (Å²) in [4.78, 5) is 0. The SMILES string of the molecule is C/C=C/C1COC(c2ccc(-c3ccc(Cl)c(F)c3)cc2)OC1. The van der Waals surface area contributed by atoms with Gasteiger partial charge in [-0.05, 0) is 30.2 Å². The Morgan fingerprint density at radius 2 is 1.70 bits per heavy atom. The molecule has 0 N–H and O–H groups in total. The van der Waals surface area contributed by atoms with Gasteiger partial charge in [0.05, 0.1) is 18.2 Å². The van der Waals surface area contributed by atoms with E-state index in [1.807, 2.05) is 37.3 Å². The summed E-state index contributed by atoms with van der Waals surface area (Å²) in [6.45, 7) is 3.29. The molecular weight excluding hydrogens is 315 g/mol. The van der Waals surface area contributed by atoms with Gasteiger partial charge in [-0.3, -0.25) is 0 Å². The van der Waals surface area contributed by atoms with Crippen molar-refractivity contribution in [3.63, 3.8) is 0 Å². The Morgan fingerprint density at radius 3 is 2.30 bits per heavy atom. The van der Waals surface area contributed by atoms with Gasteiger partial charge in [0, 0.05) is 11.5 Å². The zero-order valence-corrected chi connectivity index (χ0v) is 13.6. The van der Waals surface area contributed by atoms with Crippen molar-refractivity contribution in [3.8, 4) is 11.1 Å². The maximum Gasteiger partial charge on any atom is 0.183 e. The molecule has 4 heteroatoms. The Balaban J connectivity index is 1.71. The molecule has 1 fully saturated rings. The van der Waals surface area contributed by atoms with Gasteiger partial charge in [-0.1, -0.05) is 54.1 Å². The van der Waals surface area contributed by atoms with E-state index in [4.69, 9.17) is 21.1 Å². The lowest BCUT2D eigenvalue weighted by Gasteiger charge is -2.28. The molecule has 1 heterocycles. The van der Waals surface area contributed by atoms with E-state index in [0.29, 0.717) is 19.1 Å². The lowest BCUT2D eigenvalue weighted by atomic mass is 10.0. The van der Waals surface area contributed by atoms with Gasteiger partial charge in [0.25, 0.3) is 0 Å². The lowest BCUT2D eigenvalue weighted by molar-refractivity contribution is -0.197. The molecule has 120 valence electrons. The minimum atomic E-state index is -0.415. The summed E-state index contributed by atoms with van der Waals surface area (Å²) in [6.07, 6.45) is 3.76. The highest BCUT2D eigenvalue weighted by molar-refractivity contribution is 6.30. The van der Waals surface area contributed by atoms with Crippen molar-refractivity contribution in [3.05, 3.63) is 71.0 Å². The molecule has 0 aromatic heterocycles. The van der Waals surface area contributed by atoms with Crippen molar-refractivity contribution in [2.45, 2.75) is 13.2 Å². The summed E-state index contributed by atoms with van der Waals surface area (Å²) in [5.74, 6) is -0.102. The predicted molar refractivity (Wildman–Crippen MR) is 89.8 cm³/mol. The van der Waals surface area contributed by atoms with Gasteiger partial charge in [0.15, 0.2) is 6.29 Å². The highest BCUT2D eigenvalue weighted by Crippen LogP contribution is 2.29. The van der Waals surface area contributed by atoms with Crippen LogP contribution in [-0.4, -0.2) is 13.2 Å². The maximum absolute atomic E-state index is 13.6. The second-order valence-corrected chi connectivity index (χ2v) is 5.94. The van der Waals surface area contributed by atoms with Crippen LogP contribution in [0.3, 0.4) is 0 Å². The number of hydrogen-bond donors (Lipinski definition) is 0. The predicted octanol–water partition coefficient (Wildman–Crippen LogP) is 5.38. The number of benzene rings is 2. The van der Waals surface area contributed by atoms with Crippen molar-refractivity contribution in [1.29, 1.82) is 0 Å². The standard InChI is InChI=1S/C19H18ClFO2/c1-2-3-13-11-22-19(23-12-13)15-6-4-14(5-7-15)16-8-9-17(20)18(21)10-16/h2-10,13,19H,11-12H2,1H3/b3-2+. The summed E-state index contributed by atoms with van der Waals surface area (Å²) < 4.78 is 25.1. The first-order valence-electron chi connectivity index (χ1n) is 7.59. The van der Waals surface area contributed by atoms with Gasteiger partial charge in [0.1, 0.15) is 5.82 Å². The van der Waals surface area contributed by atoms with Crippen LogP contribution in [0.25, 0.3) is 11.1 Å². The Hall–Kier alpha value is -1.68. The molecule has 1 aliphatic rings. The third kappa shape index (κ3) is 3.81. The number of halogens is 2. The molecule has 0 spiro atoms. The minimum Gasteiger partial charge on any atom is -0.348 e. The average molecular weight is 333 g/mol. The molecule has 2 aromatic rings. The van der Waals surface area contributed by atoms with Crippen LogP contribution in [0.5, 0.6) is 0 Å². The fourth-order valence-corrected chi connectivity index (χ4v) is 2.72. The first kappa shape index (κ1) is 16.2. The summed E-state index contributed by atoms with van der Waals surface area (Å²) >= 11 is 5.72. The summed E-state index contributed by atoms with van der Waals surface area (Å²) in [7, 11) is 0. The monoisotopic (exact) mass is 332 g/mol. The first-order valence-corrected chi connectivity index (χ1v) is 7.96. The van der Waals surface area contributed by atoms with Gasteiger partial charge in [0.2, 0.25) is 0 Å². The third-order valence-corrected chi connectivity index (χ3v) is 4.13. The van der Waals surface area contributed by atoms with E-state index >= 15 is 0 Å². The van der Waals surface area contributed by atoms with Gasteiger partial charge in [-0.25, -0.2) is 4.39 Å². The van der Waals surface area contributed by atoms with Crippen LogP contribution in [0.4, 0.5) is 4.39 Å². The molecule has 2 aromatic carbocycles. The van der Waals surface area contributed by atoms with Gasteiger partial charge >= 0.3 is 0 Å². The molecule has 0 aliphatic carbocycles. The van der Waals surface area contributed by atoms with Crippen molar-refractivity contribution in [2.75, 3.05) is 13.2 Å². The van der Waals surface area contributed by atoms with E-state index in [9.17, 15) is 4.39 Å². The number of hydrogen-bond acceptors (Lipinski definition) is 2. The van der Waals surface area contributed by atoms with Crippen molar-refractivity contribution >= 4 is 11.6 Å². The molecule has 0 radical (unpaired) electrons. The normalized spacial score (nSPS) is 21.7. The zero-order chi connectivity index (χ0) is 16.2. The second kappa shape index (κ2) is 7.26. The third-order valence-electron chi connectivity index (χ3n) is 3.82. The van der Waals surface area contributed by atoms with E-state index in [1.165, 1.54) is 6.07 Å². The van der Waals surface area contributed by atoms with Gasteiger partial charge in [-0.15, -0.1) is 0 Å². The van der Waals surface area contributed by atoms with Crippen LogP contribution in [-0.2, 0) is 9.47 Å². The lowest BCUT2D eigenvalue weighted by Crippen LogP contribution is -2.25. The molecule has 1 aliphatic heterocycles. The van der Waals surface area contributed by atoms with E-state index in [2.05, 4.69) is 6.08 Å². The minimum absolute atomic E-state index is 0.130. The zero-order valence-electron chi connectivity index (χ0n) is 12.8. The summed E-state index contributed by atoms with van der Waals surface area (Å²) in [5, 5.41) is 0.130. The number of ether oxygens (including phenoxy) is 2. The van der Waals surface area contributed by atoms with Crippen LogP contribution >= 0.6 is 11.6 Å². The number of allylic oxidation sites excluding steroid dienone is 1. The molecule has 3 rings (SSSR count). The molecule has 0 bridgehead atoms. The van der Waals surface area contributed by atoms with Crippen molar-refractivity contribution in [1.82, 2.24) is 0 Å².